The maximum absolute atomic E-state index is 14.7. The number of carbonyl (C=O) groups excluding carboxylic acids is 2. The summed E-state index contributed by atoms with van der Waals surface area (Å²) in [5, 5.41) is 6.07. The summed E-state index contributed by atoms with van der Waals surface area (Å²) in [6.45, 7) is 4.13. The van der Waals surface area contributed by atoms with E-state index in [4.69, 9.17) is 4.98 Å². The Labute approximate surface area is 230 Å². The summed E-state index contributed by atoms with van der Waals surface area (Å²) in [5.74, 6) is -1.36. The maximum Gasteiger partial charge on any atom is 0.266 e. The molecule has 8 rings (SSSR count). The Kier molecular flexibility index (Phi) is 4.63. The van der Waals surface area contributed by atoms with Crippen LogP contribution in [0, 0.1) is 17.8 Å². The second-order valence-corrected chi connectivity index (χ2v) is 11.3. The largest absolute Gasteiger partial charge is 0.296 e. The minimum absolute atomic E-state index is 0.0458. The molecule has 3 aliphatic rings. The normalized spacial score (nSPS) is 24.9. The molecule has 2 amide bonds. The van der Waals surface area contributed by atoms with Gasteiger partial charge >= 0.3 is 0 Å². The van der Waals surface area contributed by atoms with E-state index >= 15 is 0 Å². The number of nitrogens with one attached hydrogen (secondary N) is 1. The number of benzene rings is 4. The van der Waals surface area contributed by atoms with Crippen LogP contribution in [0.25, 0.3) is 27.4 Å². The molecular formula is C33H26N4O3. The first-order valence-electron chi connectivity index (χ1n) is 13.7. The number of fused-ring (bicyclic) bond motifs is 9. The van der Waals surface area contributed by atoms with Crippen molar-refractivity contribution in [3.05, 3.63) is 113 Å². The third-order valence-corrected chi connectivity index (χ3v) is 9.02. The van der Waals surface area contributed by atoms with Crippen molar-refractivity contribution in [2.45, 2.75) is 25.4 Å². The van der Waals surface area contributed by atoms with Gasteiger partial charge in [-0.3, -0.25) is 24.3 Å². The van der Waals surface area contributed by atoms with Gasteiger partial charge in [0.15, 0.2) is 0 Å². The highest BCUT2D eigenvalue weighted by molar-refractivity contribution is 6.26. The monoisotopic (exact) mass is 526 g/mol. The van der Waals surface area contributed by atoms with Crippen molar-refractivity contribution in [1.29, 1.82) is 0 Å². The molecule has 1 spiro atoms. The molecule has 7 nitrogen and oxygen atoms in total. The average Bonchev–Trinajstić information content (AvgIpc) is 3.56. The van der Waals surface area contributed by atoms with Crippen LogP contribution >= 0.6 is 0 Å². The van der Waals surface area contributed by atoms with E-state index in [1.54, 1.807) is 10.6 Å². The van der Waals surface area contributed by atoms with Gasteiger partial charge in [0, 0.05) is 17.0 Å². The first-order chi connectivity index (χ1) is 19.4. The van der Waals surface area contributed by atoms with Crippen molar-refractivity contribution in [2.24, 2.45) is 17.8 Å². The zero-order valence-electron chi connectivity index (χ0n) is 22.0. The van der Waals surface area contributed by atoms with E-state index in [0.29, 0.717) is 28.1 Å². The molecule has 4 heterocycles. The molecule has 4 atom stereocenters. The number of anilines is 1. The third-order valence-electron chi connectivity index (χ3n) is 9.02. The molecule has 0 saturated carbocycles. The second kappa shape index (κ2) is 7.96. The highest BCUT2D eigenvalue weighted by Gasteiger charge is 2.70. The van der Waals surface area contributed by atoms with Crippen LogP contribution in [0.15, 0.2) is 95.8 Å². The van der Waals surface area contributed by atoms with Crippen molar-refractivity contribution < 1.29 is 9.59 Å². The Bertz CT molecular complexity index is 1970. The van der Waals surface area contributed by atoms with E-state index in [2.05, 4.69) is 19.2 Å². The summed E-state index contributed by atoms with van der Waals surface area (Å²) < 4.78 is 1.64. The summed E-state index contributed by atoms with van der Waals surface area (Å²) >= 11 is 0. The van der Waals surface area contributed by atoms with Crippen LogP contribution in [0.4, 0.5) is 5.69 Å². The van der Waals surface area contributed by atoms with Gasteiger partial charge in [0.2, 0.25) is 11.8 Å². The molecule has 3 aliphatic heterocycles. The van der Waals surface area contributed by atoms with Crippen LogP contribution in [0.3, 0.4) is 0 Å². The molecule has 1 aromatic heterocycles. The SMILES string of the molecule is CC(C)[C@@H]1N[C@]2(c3ccccc3-n3c2nc2ccccc2c3=O)[C@@H]2C(=O)N(c3cccc4ccccc34)C(=O)[C@@H]21. The molecule has 2 fully saturated rings. The Morgan fingerprint density at radius 3 is 2.27 bits per heavy atom. The van der Waals surface area contributed by atoms with E-state index in [1.807, 2.05) is 84.9 Å². The van der Waals surface area contributed by atoms with E-state index in [-0.39, 0.29) is 29.3 Å². The van der Waals surface area contributed by atoms with E-state index in [0.717, 1.165) is 16.3 Å². The summed E-state index contributed by atoms with van der Waals surface area (Å²) in [6.07, 6.45) is 0. The van der Waals surface area contributed by atoms with Crippen molar-refractivity contribution >= 4 is 39.2 Å². The van der Waals surface area contributed by atoms with Gasteiger partial charge < -0.3 is 0 Å². The second-order valence-electron chi connectivity index (χ2n) is 11.3. The van der Waals surface area contributed by atoms with Gasteiger partial charge in [0.1, 0.15) is 11.4 Å². The molecule has 0 unspecified atom stereocenters. The lowest BCUT2D eigenvalue weighted by molar-refractivity contribution is -0.123. The highest BCUT2D eigenvalue weighted by atomic mass is 16.2. The summed E-state index contributed by atoms with van der Waals surface area (Å²) in [4.78, 5) is 49.4. The predicted molar refractivity (Wildman–Crippen MR) is 153 cm³/mol. The molecule has 196 valence electrons. The Balaban J connectivity index is 1.43. The number of para-hydroxylation sites is 2. The van der Waals surface area contributed by atoms with Crippen LogP contribution in [-0.2, 0) is 15.1 Å². The molecular weight excluding hydrogens is 500 g/mol. The number of nitrogens with zero attached hydrogens (tertiary/aromatic N) is 3. The van der Waals surface area contributed by atoms with Crippen LogP contribution in [-0.4, -0.2) is 27.4 Å². The minimum atomic E-state index is -1.13. The fourth-order valence-corrected chi connectivity index (χ4v) is 7.37. The predicted octanol–water partition coefficient (Wildman–Crippen LogP) is 4.53. The Morgan fingerprint density at radius 1 is 0.775 bits per heavy atom. The molecule has 2 saturated heterocycles. The molecule has 5 aromatic rings. The maximum atomic E-state index is 14.7. The number of carbonyl (C=O) groups is 2. The summed E-state index contributed by atoms with van der Waals surface area (Å²) in [7, 11) is 0. The van der Waals surface area contributed by atoms with Crippen molar-refractivity contribution in [3.63, 3.8) is 0 Å². The van der Waals surface area contributed by atoms with E-state index < -0.39 is 17.4 Å². The quantitative estimate of drug-likeness (QED) is 0.342. The van der Waals surface area contributed by atoms with Crippen LogP contribution in [0.2, 0.25) is 0 Å². The average molecular weight is 527 g/mol. The van der Waals surface area contributed by atoms with Gasteiger partial charge in [-0.25, -0.2) is 9.88 Å². The minimum Gasteiger partial charge on any atom is -0.296 e. The molecule has 7 heteroatoms. The molecule has 40 heavy (non-hydrogen) atoms. The standard InChI is InChI=1S/C33H26N4O3/c1-18(2)28-26-27(31(40)36(30(26)39)24-17-9-11-19-10-3-4-12-20(19)24)33(35-28)22-14-6-8-16-25(22)37-29(38)21-13-5-7-15-23(21)34-32(33)37/h3-18,26-28,35H,1-2H3/t26-,27-,28-,33+/m0/s1. The first-order valence-corrected chi connectivity index (χ1v) is 13.7. The highest BCUT2D eigenvalue weighted by Crippen LogP contribution is 2.56. The van der Waals surface area contributed by atoms with Crippen molar-refractivity contribution in [2.75, 3.05) is 4.90 Å². The number of rotatable bonds is 2. The van der Waals surface area contributed by atoms with E-state index in [1.165, 1.54) is 4.90 Å². The number of hydrogen-bond donors (Lipinski definition) is 1. The Hall–Kier alpha value is -4.62. The van der Waals surface area contributed by atoms with Gasteiger partial charge in [-0.15, -0.1) is 0 Å². The van der Waals surface area contributed by atoms with Gasteiger partial charge in [0.05, 0.1) is 34.1 Å². The number of imide groups is 1. The number of hydrogen-bond acceptors (Lipinski definition) is 5. The van der Waals surface area contributed by atoms with Crippen LogP contribution in [0.1, 0.15) is 25.2 Å². The molecule has 0 aliphatic carbocycles. The summed E-state index contributed by atoms with van der Waals surface area (Å²) in [6, 6.07) is 28.1. The molecule has 0 radical (unpaired) electrons. The lowest BCUT2D eigenvalue weighted by atomic mass is 9.75. The fraction of sp³-hybridized carbons (Fsp3) is 0.212. The fourth-order valence-electron chi connectivity index (χ4n) is 7.37. The van der Waals surface area contributed by atoms with Crippen molar-refractivity contribution in [3.8, 4) is 5.69 Å². The van der Waals surface area contributed by atoms with Gasteiger partial charge in [-0.05, 0) is 35.6 Å². The van der Waals surface area contributed by atoms with Gasteiger partial charge in [-0.1, -0.05) is 80.6 Å². The third kappa shape index (κ3) is 2.72. The van der Waals surface area contributed by atoms with Gasteiger partial charge in [-0.2, -0.15) is 0 Å². The van der Waals surface area contributed by atoms with Crippen LogP contribution < -0.4 is 15.8 Å². The lowest BCUT2D eigenvalue weighted by Crippen LogP contribution is -2.51. The first kappa shape index (κ1) is 23.3. The zero-order chi connectivity index (χ0) is 27.3. The van der Waals surface area contributed by atoms with E-state index in [9.17, 15) is 14.4 Å². The topological polar surface area (TPSA) is 84.3 Å². The lowest BCUT2D eigenvalue weighted by Gasteiger charge is -2.32. The Morgan fingerprint density at radius 2 is 1.45 bits per heavy atom. The number of aromatic nitrogens is 2. The molecule has 4 aromatic carbocycles. The number of amides is 2. The van der Waals surface area contributed by atoms with Crippen LogP contribution in [0.5, 0.6) is 0 Å². The zero-order valence-corrected chi connectivity index (χ0v) is 22.0. The summed E-state index contributed by atoms with van der Waals surface area (Å²) in [5.41, 5.74) is 1.34. The van der Waals surface area contributed by atoms with Gasteiger partial charge in [0.25, 0.3) is 5.56 Å². The smallest absolute Gasteiger partial charge is 0.266 e. The van der Waals surface area contributed by atoms with Crippen molar-refractivity contribution in [1.82, 2.24) is 14.9 Å². The molecule has 0 bridgehead atoms. The molecule has 1 N–H and O–H groups in total.